The van der Waals surface area contributed by atoms with Crippen LogP contribution in [0.25, 0.3) is 5.70 Å². The molecule has 108 valence electrons. The Hall–Kier alpha value is -1.26. The first-order chi connectivity index (χ1) is 9.82. The Morgan fingerprint density at radius 1 is 0.857 bits per heavy atom. The summed E-state index contributed by atoms with van der Waals surface area (Å²) in [5.41, 5.74) is -0.197. The lowest BCUT2D eigenvalue weighted by atomic mass is 10.1. The van der Waals surface area contributed by atoms with Gasteiger partial charge in [0.2, 0.25) is 0 Å². The van der Waals surface area contributed by atoms with Crippen molar-refractivity contribution in [2.45, 2.75) is 0 Å². The average Bonchev–Trinajstić information content (AvgIpc) is 2.93. The molecule has 3 rings (SSSR count). The zero-order chi connectivity index (χ0) is 15.5. The van der Waals surface area contributed by atoms with E-state index in [9.17, 15) is 8.78 Å². The summed E-state index contributed by atoms with van der Waals surface area (Å²) in [6, 6.07) is 0. The number of hydrogen-bond acceptors (Lipinski definition) is 4. The van der Waals surface area contributed by atoms with E-state index < -0.39 is 11.6 Å². The van der Waals surface area contributed by atoms with Gasteiger partial charge in [0.1, 0.15) is 23.3 Å². The molecule has 5 nitrogen and oxygen atoms in total. The van der Waals surface area contributed by atoms with Crippen LogP contribution >= 0.6 is 43.6 Å². The van der Waals surface area contributed by atoms with E-state index in [1.807, 2.05) is 0 Å². The monoisotopic (exact) mass is 435 g/mol. The quantitative estimate of drug-likeness (QED) is 0.319. The molecule has 0 spiro atoms. The number of fused-ring (bicyclic) bond motifs is 1. The molecule has 5 N–H and O–H groups in total. The van der Waals surface area contributed by atoms with E-state index in [0.29, 0.717) is 0 Å². The first kappa shape index (κ1) is 14.7. The van der Waals surface area contributed by atoms with Gasteiger partial charge in [-0.2, -0.15) is 0 Å². The van der Waals surface area contributed by atoms with Gasteiger partial charge in [-0.1, -0.05) is 0 Å². The molecule has 0 bridgehead atoms. The van der Waals surface area contributed by atoms with Gasteiger partial charge in [0.05, 0.1) is 30.7 Å². The third-order valence-corrected chi connectivity index (χ3v) is 5.85. The van der Waals surface area contributed by atoms with E-state index in [1.54, 1.807) is 0 Å². The predicted octanol–water partition coefficient (Wildman–Crippen LogP) is 3.34. The van der Waals surface area contributed by atoms with Crippen molar-refractivity contribution >= 4 is 66.2 Å². The maximum atomic E-state index is 14.5. The number of thioether (sulfide) groups is 1. The number of amidine groups is 3. The number of hydrogen-bond donors (Lipinski definition) is 5. The lowest BCUT2D eigenvalue weighted by Crippen LogP contribution is -2.20. The van der Waals surface area contributed by atoms with Crippen molar-refractivity contribution in [3.63, 3.8) is 0 Å². The van der Waals surface area contributed by atoms with Crippen LogP contribution in [0.3, 0.4) is 0 Å². The maximum absolute atomic E-state index is 14.5. The first-order valence-electron chi connectivity index (χ1n) is 5.41. The van der Waals surface area contributed by atoms with E-state index in [4.69, 9.17) is 16.2 Å². The minimum atomic E-state index is -0.760. The Bertz CT molecular complexity index is 790. The molecule has 2 aliphatic heterocycles. The van der Waals surface area contributed by atoms with Crippen LogP contribution in [0.15, 0.2) is 13.9 Å². The summed E-state index contributed by atoms with van der Waals surface area (Å²) in [4.78, 5) is 0.246. The Balaban J connectivity index is 2.36. The Morgan fingerprint density at radius 3 is 1.95 bits per heavy atom. The summed E-state index contributed by atoms with van der Waals surface area (Å²) in [6.07, 6.45) is 0. The number of nitrogens with one attached hydrogen (secondary N) is 5. The summed E-state index contributed by atoms with van der Waals surface area (Å²) in [5, 5.41) is 28.1. The minimum Gasteiger partial charge on any atom is -0.338 e. The fourth-order valence-corrected chi connectivity index (χ4v) is 3.56. The number of halogens is 4. The second-order valence-electron chi connectivity index (χ2n) is 4.14. The third kappa shape index (κ3) is 2.04. The summed E-state index contributed by atoms with van der Waals surface area (Å²) >= 11 is 6.82. The fraction of sp³-hybridized carbons (Fsp3) is 0. The van der Waals surface area contributed by atoms with Gasteiger partial charge in [-0.3, -0.25) is 16.2 Å². The second kappa shape index (κ2) is 4.89. The molecule has 0 unspecified atom stereocenters. The predicted molar refractivity (Wildman–Crippen MR) is 84.8 cm³/mol. The highest BCUT2D eigenvalue weighted by Crippen LogP contribution is 2.42. The van der Waals surface area contributed by atoms with Crippen LogP contribution < -0.4 is 10.6 Å². The van der Waals surface area contributed by atoms with E-state index in [-0.39, 0.29) is 47.5 Å². The zero-order valence-corrected chi connectivity index (χ0v) is 13.9. The van der Waals surface area contributed by atoms with Gasteiger partial charge in [0, 0.05) is 0 Å². The lowest BCUT2D eigenvalue weighted by Gasteiger charge is -2.08. The van der Waals surface area contributed by atoms with E-state index in [1.165, 1.54) is 0 Å². The molecule has 1 aromatic rings. The fourth-order valence-electron chi connectivity index (χ4n) is 2.05. The van der Waals surface area contributed by atoms with Crippen LogP contribution in [-0.4, -0.2) is 16.8 Å². The second-order valence-corrected chi connectivity index (χ2v) is 6.75. The summed E-state index contributed by atoms with van der Waals surface area (Å²) in [6.45, 7) is 0. The van der Waals surface area contributed by atoms with Crippen molar-refractivity contribution in [1.82, 2.24) is 10.6 Å². The molecule has 2 heterocycles. The van der Waals surface area contributed by atoms with Crippen molar-refractivity contribution in [2.75, 3.05) is 0 Å². The highest BCUT2D eigenvalue weighted by molar-refractivity contribution is 9.13. The van der Waals surface area contributed by atoms with Crippen molar-refractivity contribution < 1.29 is 8.78 Å². The highest BCUT2D eigenvalue weighted by Gasteiger charge is 2.36. The van der Waals surface area contributed by atoms with Gasteiger partial charge >= 0.3 is 0 Å². The lowest BCUT2D eigenvalue weighted by molar-refractivity contribution is 0.584. The summed E-state index contributed by atoms with van der Waals surface area (Å²) < 4.78 is 28.5. The molecule has 0 radical (unpaired) electrons. The zero-order valence-electron chi connectivity index (χ0n) is 9.92. The topological polar surface area (TPSA) is 95.6 Å². The molecule has 2 aliphatic rings. The van der Waals surface area contributed by atoms with E-state index in [0.717, 1.165) is 11.8 Å². The van der Waals surface area contributed by atoms with E-state index in [2.05, 4.69) is 42.5 Å². The van der Waals surface area contributed by atoms with Crippen LogP contribution in [0, 0.1) is 27.9 Å². The molecular formula is C11H5Br2F2N5S. The van der Waals surface area contributed by atoms with Gasteiger partial charge in [-0.15, -0.1) is 0 Å². The molecule has 1 aromatic carbocycles. The minimum absolute atomic E-state index is 0.0151. The molecule has 1 fully saturated rings. The van der Waals surface area contributed by atoms with Gasteiger partial charge in [-0.05, 0) is 43.6 Å². The molecule has 0 aromatic heterocycles. The Morgan fingerprint density at radius 2 is 1.43 bits per heavy atom. The van der Waals surface area contributed by atoms with Crippen molar-refractivity contribution in [2.24, 2.45) is 0 Å². The summed E-state index contributed by atoms with van der Waals surface area (Å²) in [7, 11) is 0. The average molecular weight is 437 g/mol. The first-order valence-corrected chi connectivity index (χ1v) is 7.82. The molecule has 10 heteroatoms. The van der Waals surface area contributed by atoms with Crippen LogP contribution in [0.1, 0.15) is 11.1 Å². The Labute approximate surface area is 138 Å². The van der Waals surface area contributed by atoms with Crippen LogP contribution in [0.2, 0.25) is 0 Å². The van der Waals surface area contributed by atoms with Crippen LogP contribution in [0.4, 0.5) is 8.78 Å². The molecular weight excluding hydrogens is 432 g/mol. The van der Waals surface area contributed by atoms with Gasteiger partial charge in [0.25, 0.3) is 0 Å². The number of rotatable bonds is 0. The Kier molecular flexibility index (Phi) is 3.41. The molecule has 0 atom stereocenters. The van der Waals surface area contributed by atoms with Gasteiger partial charge in [-0.25, -0.2) is 8.78 Å². The van der Waals surface area contributed by atoms with Crippen molar-refractivity contribution in [1.29, 1.82) is 16.2 Å². The smallest absolute Gasteiger partial charge is 0.164 e. The standard InChI is InChI=1S/C11H5Br2F2N5S/c12-3-4(13)6(15)2-1(5(3)14)7(19-9(2)16)8-10(17)20-11(18)21-8/h(H2,16,19)(H3,17,18,20)/b8-7+. The van der Waals surface area contributed by atoms with Gasteiger partial charge < -0.3 is 10.6 Å². The van der Waals surface area contributed by atoms with Crippen molar-refractivity contribution in [3.05, 3.63) is 36.6 Å². The molecule has 0 aliphatic carbocycles. The van der Waals surface area contributed by atoms with Crippen LogP contribution in [0.5, 0.6) is 0 Å². The van der Waals surface area contributed by atoms with Crippen molar-refractivity contribution in [3.8, 4) is 0 Å². The SMILES string of the molecule is N=C1NC(=N)/C(=C2\NC(=N)c3c(F)c(Br)c(Br)c(F)c32)S1. The van der Waals surface area contributed by atoms with Crippen LogP contribution in [-0.2, 0) is 0 Å². The molecule has 0 saturated carbocycles. The third-order valence-electron chi connectivity index (χ3n) is 2.91. The molecule has 21 heavy (non-hydrogen) atoms. The molecule has 0 amide bonds. The summed E-state index contributed by atoms with van der Waals surface area (Å²) in [5.74, 6) is -1.87. The van der Waals surface area contributed by atoms with Gasteiger partial charge in [0.15, 0.2) is 5.17 Å². The highest BCUT2D eigenvalue weighted by atomic mass is 79.9. The van der Waals surface area contributed by atoms with E-state index >= 15 is 0 Å². The number of benzene rings is 1. The normalized spacial score (nSPS) is 20.7. The largest absolute Gasteiger partial charge is 0.338 e. The molecule has 1 saturated heterocycles. The maximum Gasteiger partial charge on any atom is 0.164 e.